The smallest absolute Gasteiger partial charge is 0.308 e. The summed E-state index contributed by atoms with van der Waals surface area (Å²) >= 11 is 0. The van der Waals surface area contributed by atoms with Gasteiger partial charge in [-0.05, 0) is 103 Å². The number of nitriles is 6. The minimum absolute atomic E-state index is 0.0243. The molecule has 0 saturated carbocycles. The zero-order valence-corrected chi connectivity index (χ0v) is 27.5. The number of benzene rings is 6. The molecule has 8 rings (SSSR count). The van der Waals surface area contributed by atoms with Crippen LogP contribution in [0.5, 0.6) is 0 Å². The number of hydrogen-bond acceptors (Lipinski definition) is 6. The predicted octanol–water partition coefficient (Wildman–Crippen LogP) is 9.80. The number of alkyl halides is 3. The van der Waals surface area contributed by atoms with Crippen molar-refractivity contribution in [2.45, 2.75) is 6.18 Å². The van der Waals surface area contributed by atoms with Crippen molar-refractivity contribution in [1.82, 2.24) is 9.13 Å². The van der Waals surface area contributed by atoms with Gasteiger partial charge in [-0.3, -0.25) is 0 Å². The Kier molecular flexibility index (Phi) is 7.39. The van der Waals surface area contributed by atoms with Crippen molar-refractivity contribution in [3.8, 4) is 58.9 Å². The number of aromatic nitrogens is 2. The van der Waals surface area contributed by atoms with Crippen molar-refractivity contribution in [3.05, 3.63) is 142 Å². The van der Waals surface area contributed by atoms with Crippen LogP contribution in [0, 0.1) is 68.0 Å². The standard InChI is InChI=1S/C43H17F3N8/c44-43(45,46)30-12-28(22-51)11-29(17-30)31-5-10-41(53-37-6-1-24(18-47)13-32(37)33-14-25(19-48)2-7-38(33)53)36(23-52)42(31)54-39-8-3-26(20-49)15-34(39)35-16-27(21-50)4-9-40(35)54/h1-17H. The molecule has 0 fully saturated rings. The maximum atomic E-state index is 14.3. The molecule has 0 bridgehead atoms. The first kappa shape index (κ1) is 32.8. The second-order valence-corrected chi connectivity index (χ2v) is 12.4. The first-order valence-electron chi connectivity index (χ1n) is 16.1. The van der Waals surface area contributed by atoms with Gasteiger partial charge in [0.15, 0.2) is 0 Å². The topological polar surface area (TPSA) is 153 Å². The third kappa shape index (κ3) is 4.95. The van der Waals surface area contributed by atoms with E-state index in [1.165, 1.54) is 6.07 Å². The van der Waals surface area contributed by atoms with Gasteiger partial charge in [0.2, 0.25) is 0 Å². The van der Waals surface area contributed by atoms with E-state index >= 15 is 0 Å². The largest absolute Gasteiger partial charge is 0.416 e. The summed E-state index contributed by atoms with van der Waals surface area (Å²) in [6.45, 7) is 0. The Morgan fingerprint density at radius 1 is 0.426 bits per heavy atom. The molecule has 8 nitrogen and oxygen atoms in total. The van der Waals surface area contributed by atoms with Crippen molar-refractivity contribution in [1.29, 1.82) is 31.6 Å². The van der Waals surface area contributed by atoms with Gasteiger partial charge in [0.1, 0.15) is 11.6 Å². The monoisotopic (exact) mass is 702 g/mol. The predicted molar refractivity (Wildman–Crippen MR) is 194 cm³/mol. The van der Waals surface area contributed by atoms with E-state index in [1.807, 2.05) is 6.07 Å². The van der Waals surface area contributed by atoms with Crippen LogP contribution in [-0.2, 0) is 6.18 Å². The fraction of sp³-hybridized carbons (Fsp3) is 0.0233. The van der Waals surface area contributed by atoms with Crippen LogP contribution in [0.1, 0.15) is 38.9 Å². The Morgan fingerprint density at radius 2 is 0.852 bits per heavy atom. The summed E-state index contributed by atoms with van der Waals surface area (Å²) in [6.07, 6.45) is -4.79. The van der Waals surface area contributed by atoms with Gasteiger partial charge in [0.05, 0.1) is 97.2 Å². The molecule has 54 heavy (non-hydrogen) atoms. The quantitative estimate of drug-likeness (QED) is 0.179. The molecule has 0 aliphatic carbocycles. The first-order chi connectivity index (χ1) is 26.1. The molecule has 0 aliphatic rings. The highest BCUT2D eigenvalue weighted by atomic mass is 19.4. The number of halogens is 3. The fourth-order valence-corrected chi connectivity index (χ4v) is 7.18. The molecular formula is C43H17F3N8. The third-order valence-electron chi connectivity index (χ3n) is 9.48. The van der Waals surface area contributed by atoms with E-state index in [2.05, 4.69) is 30.3 Å². The Morgan fingerprint density at radius 3 is 1.24 bits per heavy atom. The van der Waals surface area contributed by atoms with E-state index < -0.39 is 11.7 Å². The summed E-state index contributed by atoms with van der Waals surface area (Å²) in [5.41, 5.74) is 3.10. The molecule has 0 aliphatic heterocycles. The highest BCUT2D eigenvalue weighted by Gasteiger charge is 2.32. The normalized spacial score (nSPS) is 11.1. The van der Waals surface area contributed by atoms with Crippen LogP contribution in [0.15, 0.2) is 103 Å². The number of hydrogen-bond donors (Lipinski definition) is 0. The van der Waals surface area contributed by atoms with E-state index in [0.29, 0.717) is 71.6 Å². The second-order valence-electron chi connectivity index (χ2n) is 12.4. The summed E-state index contributed by atoms with van der Waals surface area (Å²) in [5.74, 6) is 0. The van der Waals surface area contributed by atoms with Gasteiger partial charge in [0, 0.05) is 27.1 Å². The third-order valence-corrected chi connectivity index (χ3v) is 9.48. The van der Waals surface area contributed by atoms with Crippen LogP contribution in [-0.4, -0.2) is 9.13 Å². The van der Waals surface area contributed by atoms with Crippen molar-refractivity contribution < 1.29 is 13.2 Å². The highest BCUT2D eigenvalue weighted by Crippen LogP contribution is 2.43. The summed E-state index contributed by atoms with van der Waals surface area (Å²) < 4.78 is 46.3. The van der Waals surface area contributed by atoms with E-state index in [1.54, 1.807) is 94.1 Å². The second kappa shape index (κ2) is 12.2. The van der Waals surface area contributed by atoms with Gasteiger partial charge in [-0.2, -0.15) is 44.7 Å². The molecule has 0 saturated heterocycles. The average Bonchev–Trinajstić information content (AvgIpc) is 3.70. The lowest BCUT2D eigenvalue weighted by Gasteiger charge is -2.20. The van der Waals surface area contributed by atoms with E-state index in [4.69, 9.17) is 0 Å². The fourth-order valence-electron chi connectivity index (χ4n) is 7.18. The van der Waals surface area contributed by atoms with Crippen molar-refractivity contribution >= 4 is 43.6 Å². The molecule has 0 atom stereocenters. The van der Waals surface area contributed by atoms with Crippen molar-refractivity contribution in [2.75, 3.05) is 0 Å². The van der Waals surface area contributed by atoms with E-state index in [0.717, 1.165) is 12.1 Å². The van der Waals surface area contributed by atoms with Gasteiger partial charge in [-0.25, -0.2) is 0 Å². The zero-order valence-electron chi connectivity index (χ0n) is 27.5. The van der Waals surface area contributed by atoms with Crippen LogP contribution in [0.25, 0.3) is 66.1 Å². The molecule has 0 radical (unpaired) electrons. The lowest BCUT2D eigenvalue weighted by molar-refractivity contribution is -0.137. The van der Waals surface area contributed by atoms with Crippen LogP contribution in [0.2, 0.25) is 0 Å². The Bertz CT molecular complexity index is 3090. The summed E-state index contributed by atoms with van der Waals surface area (Å²) in [7, 11) is 0. The van der Waals surface area contributed by atoms with Gasteiger partial charge in [0.25, 0.3) is 0 Å². The van der Waals surface area contributed by atoms with Gasteiger partial charge in [-0.15, -0.1) is 0 Å². The molecule has 2 heterocycles. The molecule has 8 aromatic rings. The highest BCUT2D eigenvalue weighted by molar-refractivity contribution is 6.12. The van der Waals surface area contributed by atoms with E-state index in [-0.39, 0.29) is 27.9 Å². The molecule has 0 N–H and O–H groups in total. The summed E-state index contributed by atoms with van der Waals surface area (Å²) in [6, 6.07) is 38.9. The molecule has 11 heteroatoms. The molecule has 0 unspecified atom stereocenters. The average molecular weight is 703 g/mol. The van der Waals surface area contributed by atoms with Crippen molar-refractivity contribution in [3.63, 3.8) is 0 Å². The molecule has 6 aromatic carbocycles. The lowest BCUT2D eigenvalue weighted by Crippen LogP contribution is -2.08. The van der Waals surface area contributed by atoms with Crippen LogP contribution >= 0.6 is 0 Å². The van der Waals surface area contributed by atoms with Crippen LogP contribution in [0.3, 0.4) is 0 Å². The minimum atomic E-state index is -4.79. The minimum Gasteiger partial charge on any atom is -0.308 e. The number of fused-ring (bicyclic) bond motifs is 6. The zero-order chi connectivity index (χ0) is 37.9. The SMILES string of the molecule is N#Cc1cc(-c2ccc(-n3c4ccc(C#N)cc4c4cc(C#N)ccc43)c(C#N)c2-n2c3ccc(C#N)cc3c3cc(C#N)ccc32)cc(C(F)(F)F)c1. The Hall–Kier alpha value is -8.35. The Labute approximate surface area is 304 Å². The van der Waals surface area contributed by atoms with E-state index in [9.17, 15) is 44.7 Å². The molecule has 2 aromatic heterocycles. The lowest BCUT2D eigenvalue weighted by atomic mass is 9.95. The molecule has 0 amide bonds. The van der Waals surface area contributed by atoms with Gasteiger partial charge >= 0.3 is 6.18 Å². The number of nitrogens with zero attached hydrogens (tertiary/aromatic N) is 8. The molecular weight excluding hydrogens is 686 g/mol. The maximum Gasteiger partial charge on any atom is 0.416 e. The molecule has 250 valence electrons. The summed E-state index contributed by atoms with van der Waals surface area (Å²) in [5, 5.41) is 62.4. The van der Waals surface area contributed by atoms with Crippen LogP contribution < -0.4 is 0 Å². The Balaban J connectivity index is 1.59. The maximum absolute atomic E-state index is 14.3. The van der Waals surface area contributed by atoms with Gasteiger partial charge < -0.3 is 9.13 Å². The van der Waals surface area contributed by atoms with Gasteiger partial charge in [-0.1, -0.05) is 6.07 Å². The molecule has 0 spiro atoms. The van der Waals surface area contributed by atoms with Crippen LogP contribution in [0.4, 0.5) is 13.2 Å². The first-order valence-corrected chi connectivity index (χ1v) is 16.1. The van der Waals surface area contributed by atoms with Crippen molar-refractivity contribution in [2.24, 2.45) is 0 Å². The number of rotatable bonds is 3. The summed E-state index contributed by atoms with van der Waals surface area (Å²) in [4.78, 5) is 0.